The number of aromatic nitrogens is 2. The molecule has 3 aliphatic rings. The number of thioether (sulfide) groups is 2. The van der Waals surface area contributed by atoms with E-state index in [1.165, 1.54) is 22.1 Å². The average molecular weight is 321 g/mol. The quantitative estimate of drug-likeness (QED) is 0.655. The Balaban J connectivity index is 1.63. The van der Waals surface area contributed by atoms with Crippen molar-refractivity contribution in [3.05, 3.63) is 34.4 Å². The predicted molar refractivity (Wildman–Crippen MR) is 80.3 cm³/mol. The van der Waals surface area contributed by atoms with Gasteiger partial charge in [-0.15, -0.1) is 11.8 Å². The maximum Gasteiger partial charge on any atom is 0.353 e. The Morgan fingerprint density at radius 3 is 3.19 bits per heavy atom. The van der Waals surface area contributed by atoms with Crippen LogP contribution in [0.25, 0.3) is 6.08 Å². The highest BCUT2D eigenvalue weighted by molar-refractivity contribution is 8.03. The standard InChI is InChI=1S/C13H11N3O3S2/c17-11-8(12-16(11)9(5-21-12)13(18)19)3-7-4-14-10-6-20-2-1-15(7)10/h3-5,12H,1-2,6H2,(H,18,19)/b8-3+. The number of aliphatic carboxylic acids is 1. The van der Waals surface area contributed by atoms with Crippen molar-refractivity contribution in [2.45, 2.75) is 17.7 Å². The molecule has 108 valence electrons. The Morgan fingerprint density at radius 1 is 1.52 bits per heavy atom. The van der Waals surface area contributed by atoms with Crippen LogP contribution in [0.3, 0.4) is 0 Å². The van der Waals surface area contributed by atoms with Crippen LogP contribution in [0.15, 0.2) is 22.9 Å². The summed E-state index contributed by atoms with van der Waals surface area (Å²) in [5.41, 5.74) is 1.64. The van der Waals surface area contributed by atoms with Crippen molar-refractivity contribution in [1.82, 2.24) is 14.5 Å². The van der Waals surface area contributed by atoms with Gasteiger partial charge >= 0.3 is 5.97 Å². The summed E-state index contributed by atoms with van der Waals surface area (Å²) in [7, 11) is 0. The lowest BCUT2D eigenvalue weighted by Crippen LogP contribution is -2.51. The van der Waals surface area contributed by atoms with Crippen LogP contribution in [0.4, 0.5) is 0 Å². The molecule has 1 atom stereocenters. The van der Waals surface area contributed by atoms with E-state index >= 15 is 0 Å². The number of carboxylic acid groups (broad SMARTS) is 1. The van der Waals surface area contributed by atoms with Crippen LogP contribution in [0.5, 0.6) is 0 Å². The van der Waals surface area contributed by atoms with Gasteiger partial charge in [-0.3, -0.25) is 9.69 Å². The van der Waals surface area contributed by atoms with Gasteiger partial charge in [-0.05, 0) is 6.08 Å². The zero-order valence-corrected chi connectivity index (χ0v) is 12.5. The number of rotatable bonds is 2. The van der Waals surface area contributed by atoms with Gasteiger partial charge in [0.1, 0.15) is 16.9 Å². The molecule has 0 aliphatic carbocycles. The van der Waals surface area contributed by atoms with Crippen LogP contribution in [0.1, 0.15) is 11.5 Å². The number of carboxylic acids is 1. The molecule has 0 aromatic carbocycles. The molecule has 1 fully saturated rings. The Labute approximate surface area is 128 Å². The van der Waals surface area contributed by atoms with E-state index in [0.29, 0.717) is 5.57 Å². The molecule has 8 heteroatoms. The van der Waals surface area contributed by atoms with Crippen molar-refractivity contribution >= 4 is 41.5 Å². The summed E-state index contributed by atoms with van der Waals surface area (Å²) in [4.78, 5) is 28.9. The van der Waals surface area contributed by atoms with Crippen LogP contribution >= 0.6 is 23.5 Å². The number of imidazole rings is 1. The van der Waals surface area contributed by atoms with Gasteiger partial charge in [-0.25, -0.2) is 9.78 Å². The largest absolute Gasteiger partial charge is 0.477 e. The molecular formula is C13H11N3O3S2. The fourth-order valence-electron chi connectivity index (χ4n) is 2.66. The van der Waals surface area contributed by atoms with E-state index in [-0.39, 0.29) is 17.0 Å². The van der Waals surface area contributed by atoms with E-state index < -0.39 is 5.97 Å². The van der Waals surface area contributed by atoms with Gasteiger partial charge in [0.15, 0.2) is 0 Å². The second-order valence-corrected chi connectivity index (χ2v) is 6.93. The van der Waals surface area contributed by atoms with E-state index in [1.807, 2.05) is 17.8 Å². The van der Waals surface area contributed by atoms with Gasteiger partial charge in [0, 0.05) is 17.7 Å². The number of amides is 1. The summed E-state index contributed by atoms with van der Waals surface area (Å²) in [6, 6.07) is 0. The normalized spacial score (nSPS) is 25.4. The van der Waals surface area contributed by atoms with Crippen molar-refractivity contribution in [2.24, 2.45) is 0 Å². The van der Waals surface area contributed by atoms with Crippen molar-refractivity contribution in [2.75, 3.05) is 5.75 Å². The number of nitrogens with zero attached hydrogens (tertiary/aromatic N) is 3. The summed E-state index contributed by atoms with van der Waals surface area (Å²) in [6.45, 7) is 0.896. The van der Waals surface area contributed by atoms with Crippen molar-refractivity contribution in [3.63, 3.8) is 0 Å². The molecule has 3 aliphatic heterocycles. The van der Waals surface area contributed by atoms with Crippen LogP contribution < -0.4 is 0 Å². The molecule has 0 radical (unpaired) electrons. The van der Waals surface area contributed by atoms with Crippen LogP contribution in [0, 0.1) is 0 Å². The highest BCUT2D eigenvalue weighted by atomic mass is 32.2. The number of carbonyl (C=O) groups is 2. The number of fused-ring (bicyclic) bond motifs is 2. The van der Waals surface area contributed by atoms with E-state index in [0.717, 1.165) is 29.6 Å². The molecule has 21 heavy (non-hydrogen) atoms. The maximum atomic E-state index is 12.2. The molecule has 0 saturated carbocycles. The lowest BCUT2D eigenvalue weighted by atomic mass is 10.0. The molecular weight excluding hydrogens is 310 g/mol. The van der Waals surface area contributed by atoms with Crippen molar-refractivity contribution in [3.8, 4) is 0 Å². The van der Waals surface area contributed by atoms with E-state index in [9.17, 15) is 9.59 Å². The Bertz CT molecular complexity index is 722. The highest BCUT2D eigenvalue weighted by Crippen LogP contribution is 2.45. The summed E-state index contributed by atoms with van der Waals surface area (Å²) >= 11 is 3.21. The van der Waals surface area contributed by atoms with Crippen LogP contribution in [0.2, 0.25) is 0 Å². The minimum atomic E-state index is -1.06. The summed E-state index contributed by atoms with van der Waals surface area (Å²) in [5, 5.41) is 10.4. The molecule has 1 amide bonds. The average Bonchev–Trinajstić information content (AvgIpc) is 3.06. The molecule has 0 bridgehead atoms. The number of hydrogen-bond acceptors (Lipinski definition) is 5. The summed E-state index contributed by atoms with van der Waals surface area (Å²) < 4.78 is 2.13. The molecule has 1 unspecified atom stereocenters. The second kappa shape index (κ2) is 4.67. The summed E-state index contributed by atoms with van der Waals surface area (Å²) in [5.74, 6) is 1.69. The lowest BCUT2D eigenvalue weighted by Gasteiger charge is -2.37. The Kier molecular flexibility index (Phi) is 2.90. The zero-order valence-electron chi connectivity index (χ0n) is 10.9. The topological polar surface area (TPSA) is 75.4 Å². The van der Waals surface area contributed by atoms with Crippen molar-refractivity contribution < 1.29 is 14.7 Å². The van der Waals surface area contributed by atoms with Gasteiger partial charge in [0.2, 0.25) is 0 Å². The monoisotopic (exact) mass is 321 g/mol. The molecule has 1 aromatic heterocycles. The Morgan fingerprint density at radius 2 is 2.38 bits per heavy atom. The smallest absolute Gasteiger partial charge is 0.353 e. The molecule has 4 rings (SSSR count). The number of carbonyl (C=O) groups excluding carboxylic acids is 1. The number of hydrogen-bond donors (Lipinski definition) is 1. The lowest BCUT2D eigenvalue weighted by molar-refractivity contribution is -0.141. The predicted octanol–water partition coefficient (Wildman–Crippen LogP) is 1.35. The van der Waals surface area contributed by atoms with Gasteiger partial charge < -0.3 is 9.67 Å². The fraction of sp³-hybridized carbons (Fsp3) is 0.308. The third kappa shape index (κ3) is 1.86. The maximum absolute atomic E-state index is 12.2. The van der Waals surface area contributed by atoms with Crippen LogP contribution in [-0.2, 0) is 21.9 Å². The third-order valence-corrected chi connectivity index (χ3v) is 5.73. The molecule has 0 spiro atoms. The SMILES string of the molecule is O=C(O)C1=CSC2/C(=C/c3cnc4n3CCSC4)C(=O)N12. The molecule has 1 aromatic rings. The molecule has 6 nitrogen and oxygen atoms in total. The second-order valence-electron chi connectivity index (χ2n) is 4.88. The molecule has 4 heterocycles. The van der Waals surface area contributed by atoms with E-state index in [4.69, 9.17) is 5.11 Å². The van der Waals surface area contributed by atoms with Gasteiger partial charge in [-0.2, -0.15) is 11.8 Å². The Hall–Kier alpha value is -1.67. The third-order valence-electron chi connectivity index (χ3n) is 3.72. The summed E-state index contributed by atoms with van der Waals surface area (Å²) in [6.07, 6.45) is 3.64. The van der Waals surface area contributed by atoms with Gasteiger partial charge in [0.05, 0.1) is 23.2 Å². The fourth-order valence-corrected chi connectivity index (χ4v) is 4.65. The minimum absolute atomic E-state index is 0.0684. The first-order valence-corrected chi connectivity index (χ1v) is 8.53. The molecule has 1 N–H and O–H groups in total. The number of β-lactam (4-membered cyclic amide) rings is 1. The van der Waals surface area contributed by atoms with Gasteiger partial charge in [0.25, 0.3) is 5.91 Å². The van der Waals surface area contributed by atoms with Crippen molar-refractivity contribution in [1.29, 1.82) is 0 Å². The highest BCUT2D eigenvalue weighted by Gasteiger charge is 2.49. The first-order chi connectivity index (χ1) is 10.2. The minimum Gasteiger partial charge on any atom is -0.477 e. The first-order valence-electron chi connectivity index (χ1n) is 6.43. The first kappa shape index (κ1) is 13.0. The van der Waals surface area contributed by atoms with Gasteiger partial charge in [-0.1, -0.05) is 0 Å². The molecule has 1 saturated heterocycles. The zero-order chi connectivity index (χ0) is 14.6. The van der Waals surface area contributed by atoms with E-state index in [2.05, 4.69) is 9.55 Å². The van der Waals surface area contributed by atoms with E-state index in [1.54, 1.807) is 6.20 Å². The van der Waals surface area contributed by atoms with Crippen LogP contribution in [-0.4, -0.2) is 42.6 Å².